The number of nitrogens with zero attached hydrogens (tertiary/aromatic N) is 2. The molecule has 2 rings (SSSR count). The Morgan fingerprint density at radius 2 is 2.16 bits per heavy atom. The largest absolute Gasteiger partial charge is 0.384 e. The summed E-state index contributed by atoms with van der Waals surface area (Å²) in [6, 6.07) is 5.53. The van der Waals surface area contributed by atoms with E-state index in [0.717, 1.165) is 12.8 Å². The van der Waals surface area contributed by atoms with Crippen LogP contribution in [0.3, 0.4) is 0 Å². The lowest BCUT2D eigenvalue weighted by molar-refractivity contribution is 0.0666. The van der Waals surface area contributed by atoms with E-state index in [2.05, 4.69) is 11.9 Å². The zero-order valence-corrected chi connectivity index (χ0v) is 12.3. The molecule has 1 aromatic heterocycles. The van der Waals surface area contributed by atoms with E-state index in [1.807, 2.05) is 11.9 Å². The smallest absolute Gasteiger partial charge is 0.272 e. The first-order chi connectivity index (χ1) is 8.58. The maximum absolute atomic E-state index is 12.3. The van der Waals surface area contributed by atoms with E-state index in [0.29, 0.717) is 23.5 Å². The summed E-state index contributed by atoms with van der Waals surface area (Å²) >= 11 is 0. The summed E-state index contributed by atoms with van der Waals surface area (Å²) in [6.45, 7) is 2.25. The van der Waals surface area contributed by atoms with Gasteiger partial charge in [-0.15, -0.1) is 12.4 Å². The third kappa shape index (κ3) is 3.83. The van der Waals surface area contributed by atoms with Crippen LogP contribution in [0.15, 0.2) is 18.2 Å². The number of carbonyl (C=O) groups excluding carboxylic acids is 1. The summed E-state index contributed by atoms with van der Waals surface area (Å²) in [5.74, 6) is 1.07. The highest BCUT2D eigenvalue weighted by Gasteiger charge is 2.26. The normalized spacial score (nSPS) is 22.4. The molecule has 106 valence electrons. The number of carbonyl (C=O) groups is 1. The second-order valence-electron chi connectivity index (χ2n) is 5.29. The van der Waals surface area contributed by atoms with Crippen LogP contribution in [0.5, 0.6) is 0 Å². The first kappa shape index (κ1) is 15.8. The predicted molar refractivity (Wildman–Crippen MR) is 79.4 cm³/mol. The molecule has 19 heavy (non-hydrogen) atoms. The van der Waals surface area contributed by atoms with Gasteiger partial charge in [0, 0.05) is 13.1 Å². The zero-order chi connectivity index (χ0) is 13.1. The molecule has 1 saturated carbocycles. The van der Waals surface area contributed by atoms with Crippen molar-refractivity contribution >= 4 is 24.1 Å². The van der Waals surface area contributed by atoms with Crippen molar-refractivity contribution in [2.75, 3.05) is 12.8 Å². The van der Waals surface area contributed by atoms with E-state index in [-0.39, 0.29) is 18.3 Å². The van der Waals surface area contributed by atoms with E-state index >= 15 is 0 Å². The third-order valence-corrected chi connectivity index (χ3v) is 3.77. The van der Waals surface area contributed by atoms with Gasteiger partial charge in [-0.05, 0) is 30.9 Å². The molecule has 1 aliphatic carbocycles. The summed E-state index contributed by atoms with van der Waals surface area (Å²) in [6.07, 6.45) is 4.66. The van der Waals surface area contributed by atoms with Crippen LogP contribution in [-0.2, 0) is 0 Å². The van der Waals surface area contributed by atoms with Gasteiger partial charge in [0.05, 0.1) is 0 Å². The molecule has 0 saturated heterocycles. The lowest BCUT2D eigenvalue weighted by Crippen LogP contribution is -2.40. The van der Waals surface area contributed by atoms with Gasteiger partial charge in [-0.2, -0.15) is 0 Å². The van der Waals surface area contributed by atoms with Crippen molar-refractivity contribution < 1.29 is 4.79 Å². The van der Waals surface area contributed by atoms with Crippen LogP contribution in [0.2, 0.25) is 0 Å². The number of amides is 1. The Morgan fingerprint density at radius 3 is 2.79 bits per heavy atom. The number of hydrogen-bond donors (Lipinski definition) is 1. The molecule has 1 amide bonds. The van der Waals surface area contributed by atoms with Crippen LogP contribution in [0.25, 0.3) is 0 Å². The van der Waals surface area contributed by atoms with Gasteiger partial charge in [-0.25, -0.2) is 4.98 Å². The fourth-order valence-corrected chi connectivity index (χ4v) is 2.67. The van der Waals surface area contributed by atoms with E-state index < -0.39 is 0 Å². The van der Waals surface area contributed by atoms with Gasteiger partial charge in [0.15, 0.2) is 0 Å². The van der Waals surface area contributed by atoms with Gasteiger partial charge < -0.3 is 10.6 Å². The minimum absolute atomic E-state index is 0. The molecule has 0 radical (unpaired) electrons. The summed E-state index contributed by atoms with van der Waals surface area (Å²) in [7, 11) is 1.87. The molecule has 0 spiro atoms. The summed E-state index contributed by atoms with van der Waals surface area (Å²) in [4.78, 5) is 18.2. The molecule has 1 heterocycles. The average molecular weight is 284 g/mol. The van der Waals surface area contributed by atoms with Gasteiger partial charge >= 0.3 is 0 Å². The third-order valence-electron chi connectivity index (χ3n) is 3.77. The van der Waals surface area contributed by atoms with Gasteiger partial charge in [0.2, 0.25) is 0 Å². The van der Waals surface area contributed by atoms with Crippen molar-refractivity contribution in [2.45, 2.75) is 38.6 Å². The monoisotopic (exact) mass is 283 g/mol. The van der Waals surface area contributed by atoms with E-state index in [1.54, 1.807) is 18.2 Å². The first-order valence-corrected chi connectivity index (χ1v) is 6.57. The number of aromatic nitrogens is 1. The molecule has 0 aliphatic heterocycles. The Labute approximate surface area is 120 Å². The van der Waals surface area contributed by atoms with Gasteiger partial charge in [-0.3, -0.25) is 4.79 Å². The first-order valence-electron chi connectivity index (χ1n) is 6.57. The number of hydrogen-bond acceptors (Lipinski definition) is 3. The second kappa shape index (κ2) is 6.75. The molecular formula is C14H22ClN3O. The van der Waals surface area contributed by atoms with Gasteiger partial charge in [0.25, 0.3) is 5.91 Å². The molecule has 2 unspecified atom stereocenters. The van der Waals surface area contributed by atoms with Crippen LogP contribution in [0, 0.1) is 5.92 Å². The van der Waals surface area contributed by atoms with Crippen molar-refractivity contribution in [3.05, 3.63) is 23.9 Å². The number of anilines is 1. The average Bonchev–Trinajstić information content (AvgIpc) is 2.37. The Balaban J connectivity index is 0.00000180. The number of nitrogens with two attached hydrogens (primary N) is 1. The highest BCUT2D eigenvalue weighted by atomic mass is 35.5. The SMILES string of the molecule is CC1CCCC(N(C)C(=O)c2cccc(N)n2)C1.Cl. The number of rotatable bonds is 2. The molecule has 2 atom stereocenters. The fraction of sp³-hybridized carbons (Fsp3) is 0.571. The molecule has 1 fully saturated rings. The predicted octanol–water partition coefficient (Wildman–Crippen LogP) is 2.74. The van der Waals surface area contributed by atoms with Crippen LogP contribution in [0.4, 0.5) is 5.82 Å². The molecule has 4 nitrogen and oxygen atoms in total. The Hall–Kier alpha value is -1.29. The fourth-order valence-electron chi connectivity index (χ4n) is 2.67. The van der Waals surface area contributed by atoms with E-state index in [1.165, 1.54) is 12.8 Å². The van der Waals surface area contributed by atoms with E-state index in [4.69, 9.17) is 5.73 Å². The summed E-state index contributed by atoms with van der Waals surface area (Å²) in [5, 5.41) is 0. The van der Waals surface area contributed by atoms with Crippen molar-refractivity contribution in [1.29, 1.82) is 0 Å². The van der Waals surface area contributed by atoms with Crippen LogP contribution >= 0.6 is 12.4 Å². The lowest BCUT2D eigenvalue weighted by atomic mass is 9.86. The maximum Gasteiger partial charge on any atom is 0.272 e. The standard InChI is InChI=1S/C14H21N3O.ClH/c1-10-5-3-6-11(9-10)17(2)14(18)12-7-4-8-13(15)16-12;/h4,7-8,10-11H,3,5-6,9H2,1-2H3,(H2,15,16);1H. The number of pyridine rings is 1. The Bertz CT molecular complexity index is 438. The quantitative estimate of drug-likeness (QED) is 0.908. The van der Waals surface area contributed by atoms with Crippen LogP contribution < -0.4 is 5.73 Å². The molecule has 0 bridgehead atoms. The van der Waals surface area contributed by atoms with Crippen molar-refractivity contribution in [3.63, 3.8) is 0 Å². The van der Waals surface area contributed by atoms with E-state index in [9.17, 15) is 4.79 Å². The minimum atomic E-state index is -0.0265. The highest BCUT2D eigenvalue weighted by Crippen LogP contribution is 2.27. The Morgan fingerprint density at radius 1 is 1.42 bits per heavy atom. The van der Waals surface area contributed by atoms with Gasteiger partial charge in [-0.1, -0.05) is 25.8 Å². The summed E-state index contributed by atoms with van der Waals surface area (Å²) < 4.78 is 0. The minimum Gasteiger partial charge on any atom is -0.384 e. The molecule has 1 aliphatic rings. The molecular weight excluding hydrogens is 262 g/mol. The molecule has 1 aromatic rings. The lowest BCUT2D eigenvalue weighted by Gasteiger charge is -2.34. The van der Waals surface area contributed by atoms with Crippen molar-refractivity contribution in [2.24, 2.45) is 5.92 Å². The zero-order valence-electron chi connectivity index (χ0n) is 11.5. The van der Waals surface area contributed by atoms with Crippen molar-refractivity contribution in [3.8, 4) is 0 Å². The van der Waals surface area contributed by atoms with Gasteiger partial charge in [0.1, 0.15) is 11.5 Å². The summed E-state index contributed by atoms with van der Waals surface area (Å²) in [5.41, 5.74) is 6.06. The van der Waals surface area contributed by atoms with Crippen LogP contribution in [0.1, 0.15) is 43.1 Å². The topological polar surface area (TPSA) is 59.2 Å². The molecule has 5 heteroatoms. The molecule has 0 aromatic carbocycles. The highest BCUT2D eigenvalue weighted by molar-refractivity contribution is 5.92. The number of nitrogen functional groups attached to an aromatic ring is 1. The maximum atomic E-state index is 12.3. The molecule has 2 N–H and O–H groups in total. The second-order valence-corrected chi connectivity index (χ2v) is 5.29. The Kier molecular flexibility index (Phi) is 5.60. The van der Waals surface area contributed by atoms with Crippen LogP contribution in [-0.4, -0.2) is 28.9 Å². The number of halogens is 1. The van der Waals surface area contributed by atoms with Crippen molar-refractivity contribution in [1.82, 2.24) is 9.88 Å².